The van der Waals surface area contributed by atoms with Crippen molar-refractivity contribution in [3.05, 3.63) is 317 Å². The maximum atomic E-state index is 6.53. The smallest absolute Gasteiger partial charge is 0.143 e. The van der Waals surface area contributed by atoms with Gasteiger partial charge in [0.2, 0.25) is 0 Å². The van der Waals surface area contributed by atoms with Gasteiger partial charge < -0.3 is 9.32 Å². The third-order valence-electron chi connectivity index (χ3n) is 15.3. The van der Waals surface area contributed by atoms with E-state index in [9.17, 15) is 0 Å². The highest BCUT2D eigenvalue weighted by Crippen LogP contribution is 2.59. The molecule has 2 nitrogen and oxygen atoms in total. The Morgan fingerprint density at radius 2 is 0.671 bits per heavy atom. The zero-order valence-corrected chi connectivity index (χ0v) is 38.3. The average molecular weight is 892 g/mol. The van der Waals surface area contributed by atoms with Crippen molar-refractivity contribution in [2.24, 2.45) is 0 Å². The van der Waals surface area contributed by atoms with Crippen LogP contribution in [0.4, 0.5) is 17.1 Å². The Morgan fingerprint density at radius 3 is 1.23 bits per heavy atom. The monoisotopic (exact) mass is 891 g/mol. The number of para-hydroxylation sites is 2. The third-order valence-corrected chi connectivity index (χ3v) is 15.3. The first-order valence-corrected chi connectivity index (χ1v) is 24.2. The highest BCUT2D eigenvalue weighted by atomic mass is 16.3. The predicted octanol–water partition coefficient (Wildman–Crippen LogP) is 17.4. The molecule has 0 radical (unpaired) electrons. The number of fused-ring (bicyclic) bond motifs is 9. The molecule has 70 heavy (non-hydrogen) atoms. The summed E-state index contributed by atoms with van der Waals surface area (Å²) in [6.07, 6.45) is 0. The summed E-state index contributed by atoms with van der Waals surface area (Å²) in [5, 5.41) is 2.26. The molecule has 0 saturated carbocycles. The SMILES string of the molecule is c1ccc(C2(c3ccc(N(c4ccc(-c5cccc6c5oc5ccccc56)cc4)c4ccc5c(c4)-c4ccccc4C5(c4ccccc4)c4ccccc4)cc3)c3ccccc3-c3ccccc32)cc1. The Bertz CT molecular complexity index is 3840. The third kappa shape index (κ3) is 5.74. The molecular formula is C68H45NO. The first kappa shape index (κ1) is 40.1. The van der Waals surface area contributed by atoms with Crippen LogP contribution in [0, 0.1) is 0 Å². The molecule has 0 fully saturated rings. The number of hydrogen-bond donors (Lipinski definition) is 0. The largest absolute Gasteiger partial charge is 0.455 e. The van der Waals surface area contributed by atoms with Crippen molar-refractivity contribution in [3.63, 3.8) is 0 Å². The fourth-order valence-electron chi connectivity index (χ4n) is 12.4. The molecule has 0 unspecified atom stereocenters. The molecule has 2 heteroatoms. The lowest BCUT2D eigenvalue weighted by molar-refractivity contribution is 0.670. The molecule has 2 aliphatic rings. The predicted molar refractivity (Wildman–Crippen MR) is 288 cm³/mol. The van der Waals surface area contributed by atoms with Gasteiger partial charge in [0.05, 0.1) is 10.8 Å². The second-order valence-electron chi connectivity index (χ2n) is 18.7. The molecule has 0 amide bonds. The summed E-state index contributed by atoms with van der Waals surface area (Å²) in [5.74, 6) is 0. The second-order valence-corrected chi connectivity index (χ2v) is 18.7. The van der Waals surface area contributed by atoms with Crippen molar-refractivity contribution in [2.75, 3.05) is 4.90 Å². The van der Waals surface area contributed by atoms with Crippen molar-refractivity contribution in [3.8, 4) is 33.4 Å². The van der Waals surface area contributed by atoms with Gasteiger partial charge in [-0.3, -0.25) is 0 Å². The quantitative estimate of drug-likeness (QED) is 0.151. The van der Waals surface area contributed by atoms with E-state index in [4.69, 9.17) is 4.42 Å². The van der Waals surface area contributed by atoms with Crippen molar-refractivity contribution in [1.29, 1.82) is 0 Å². The Balaban J connectivity index is 0.964. The van der Waals surface area contributed by atoms with Gasteiger partial charge in [-0.2, -0.15) is 0 Å². The van der Waals surface area contributed by atoms with E-state index in [0.29, 0.717) is 0 Å². The van der Waals surface area contributed by atoms with Crippen molar-refractivity contribution < 1.29 is 4.42 Å². The molecular weight excluding hydrogens is 847 g/mol. The molecule has 0 N–H and O–H groups in total. The first-order valence-electron chi connectivity index (χ1n) is 24.2. The van der Waals surface area contributed by atoms with Gasteiger partial charge in [0.15, 0.2) is 0 Å². The molecule has 0 aliphatic heterocycles. The number of nitrogens with zero attached hydrogens (tertiary/aromatic N) is 1. The van der Waals surface area contributed by atoms with E-state index < -0.39 is 10.8 Å². The van der Waals surface area contributed by atoms with Gasteiger partial charge in [-0.1, -0.05) is 231 Å². The van der Waals surface area contributed by atoms with Crippen LogP contribution < -0.4 is 4.90 Å². The summed E-state index contributed by atoms with van der Waals surface area (Å²) in [7, 11) is 0. The molecule has 0 bridgehead atoms. The minimum Gasteiger partial charge on any atom is -0.455 e. The first-order chi connectivity index (χ1) is 34.7. The Morgan fingerprint density at radius 1 is 0.271 bits per heavy atom. The Hall–Kier alpha value is -8.98. The van der Waals surface area contributed by atoms with Gasteiger partial charge in [0.1, 0.15) is 11.2 Å². The van der Waals surface area contributed by atoms with E-state index in [0.717, 1.165) is 50.1 Å². The van der Waals surface area contributed by atoms with Gasteiger partial charge in [-0.25, -0.2) is 0 Å². The molecule has 11 aromatic carbocycles. The lowest BCUT2D eigenvalue weighted by Gasteiger charge is -2.35. The number of anilines is 3. The zero-order chi connectivity index (χ0) is 46.2. The van der Waals surface area contributed by atoms with Crippen LogP contribution in [0.3, 0.4) is 0 Å². The minimum atomic E-state index is -0.493. The van der Waals surface area contributed by atoms with E-state index in [1.54, 1.807) is 0 Å². The fourth-order valence-corrected chi connectivity index (χ4v) is 12.4. The van der Waals surface area contributed by atoms with E-state index in [1.807, 2.05) is 6.07 Å². The number of hydrogen-bond acceptors (Lipinski definition) is 2. The number of furan rings is 1. The zero-order valence-electron chi connectivity index (χ0n) is 38.3. The number of rotatable bonds is 8. The van der Waals surface area contributed by atoms with Crippen LogP contribution in [-0.2, 0) is 10.8 Å². The normalized spacial score (nSPS) is 13.7. The highest BCUT2D eigenvalue weighted by Gasteiger charge is 2.47. The molecule has 0 spiro atoms. The fraction of sp³-hybridized carbons (Fsp3) is 0.0294. The summed E-state index contributed by atoms with van der Waals surface area (Å²) >= 11 is 0. The maximum Gasteiger partial charge on any atom is 0.143 e. The van der Waals surface area contributed by atoms with Gasteiger partial charge in [0, 0.05) is 33.4 Å². The van der Waals surface area contributed by atoms with Crippen LogP contribution in [0.1, 0.15) is 44.5 Å². The lowest BCUT2D eigenvalue weighted by Crippen LogP contribution is -2.28. The lowest BCUT2D eigenvalue weighted by atomic mass is 9.67. The molecule has 0 saturated heterocycles. The summed E-state index contributed by atoms with van der Waals surface area (Å²) in [5.41, 5.74) is 21.4. The van der Waals surface area contributed by atoms with Crippen molar-refractivity contribution in [2.45, 2.75) is 10.8 Å². The van der Waals surface area contributed by atoms with Gasteiger partial charge in [-0.15, -0.1) is 0 Å². The summed E-state index contributed by atoms with van der Waals surface area (Å²) in [6, 6.07) is 100. The molecule has 2 aliphatic carbocycles. The molecule has 0 atom stereocenters. The van der Waals surface area contributed by atoms with Crippen LogP contribution in [-0.4, -0.2) is 0 Å². The van der Waals surface area contributed by atoms with Crippen LogP contribution in [0.5, 0.6) is 0 Å². The maximum absolute atomic E-state index is 6.53. The van der Waals surface area contributed by atoms with Gasteiger partial charge >= 0.3 is 0 Å². The van der Waals surface area contributed by atoms with Gasteiger partial charge in [-0.05, 0) is 115 Å². The van der Waals surface area contributed by atoms with E-state index >= 15 is 0 Å². The summed E-state index contributed by atoms with van der Waals surface area (Å²) in [6.45, 7) is 0. The summed E-state index contributed by atoms with van der Waals surface area (Å²) in [4.78, 5) is 2.43. The number of benzene rings is 11. The van der Waals surface area contributed by atoms with Crippen molar-refractivity contribution in [1.82, 2.24) is 0 Å². The molecule has 1 heterocycles. The highest BCUT2D eigenvalue weighted by molar-refractivity contribution is 6.09. The van der Waals surface area contributed by atoms with Crippen LogP contribution >= 0.6 is 0 Å². The van der Waals surface area contributed by atoms with Crippen LogP contribution in [0.15, 0.2) is 277 Å². The van der Waals surface area contributed by atoms with Gasteiger partial charge in [0.25, 0.3) is 0 Å². The Labute approximate surface area is 408 Å². The molecule has 1 aromatic heterocycles. The van der Waals surface area contributed by atoms with Crippen LogP contribution in [0.25, 0.3) is 55.3 Å². The molecule has 14 rings (SSSR count). The van der Waals surface area contributed by atoms with Crippen LogP contribution in [0.2, 0.25) is 0 Å². The topological polar surface area (TPSA) is 16.4 Å². The minimum absolute atomic E-state index is 0.488. The summed E-state index contributed by atoms with van der Waals surface area (Å²) < 4.78 is 6.53. The second kappa shape index (κ2) is 15.8. The molecule has 12 aromatic rings. The van der Waals surface area contributed by atoms with E-state index in [2.05, 4.69) is 272 Å². The Kier molecular flexibility index (Phi) is 9.06. The van der Waals surface area contributed by atoms with Crippen molar-refractivity contribution >= 4 is 39.0 Å². The van der Waals surface area contributed by atoms with E-state index in [1.165, 1.54) is 66.8 Å². The van der Waals surface area contributed by atoms with E-state index in [-0.39, 0.29) is 0 Å². The average Bonchev–Trinajstić information content (AvgIpc) is 4.08. The molecule has 328 valence electrons. The standard InChI is InChI=1S/C68H45NO/c1-4-19-47(20-5-1)67(48-21-6-2-7-22-48)63-33-16-12-27-57(63)60-45-53(43-44-64(60)67)69(51-39-35-46(36-40-51)54-29-18-30-59-58-28-13-17-34-65(58)70-66(54)59)52-41-37-50(38-42-52)68(49-23-8-3-9-24-49)61-31-14-10-25-55(61)56-26-11-15-32-62(56)68/h1-45H.